The second-order valence-electron chi connectivity index (χ2n) is 11.5. The summed E-state index contributed by atoms with van der Waals surface area (Å²) in [6.45, 7) is 5.78. The van der Waals surface area contributed by atoms with Crippen molar-refractivity contribution in [3.8, 4) is 11.5 Å². The van der Waals surface area contributed by atoms with Gasteiger partial charge in [-0.1, -0.05) is 18.2 Å². The monoisotopic (exact) mass is 726 g/mol. The van der Waals surface area contributed by atoms with Crippen LogP contribution in [-0.2, 0) is 20.9 Å². The Morgan fingerprint density at radius 3 is 2.40 bits per heavy atom. The molecule has 1 saturated carbocycles. The van der Waals surface area contributed by atoms with Crippen molar-refractivity contribution in [2.45, 2.75) is 77.1 Å². The van der Waals surface area contributed by atoms with Crippen molar-refractivity contribution in [2.24, 2.45) is 5.92 Å². The van der Waals surface area contributed by atoms with Gasteiger partial charge < -0.3 is 4.74 Å². The van der Waals surface area contributed by atoms with Gasteiger partial charge in [0, 0.05) is 0 Å². The number of nitrogens with zero attached hydrogens (tertiary/aromatic N) is 1. The van der Waals surface area contributed by atoms with Crippen LogP contribution in [0, 0.1) is 5.92 Å². The molecule has 1 saturated heterocycles. The van der Waals surface area contributed by atoms with Crippen LogP contribution >= 0.6 is 20.7 Å². The third kappa shape index (κ3) is 10.6. The maximum atomic E-state index is 13.4. The van der Waals surface area contributed by atoms with E-state index in [9.17, 15) is 14.4 Å². The molecule has 0 aromatic heterocycles. The van der Waals surface area contributed by atoms with Crippen LogP contribution in [0.25, 0.3) is 0 Å². The van der Waals surface area contributed by atoms with Gasteiger partial charge in [0.1, 0.15) is 5.75 Å². The van der Waals surface area contributed by atoms with Crippen molar-refractivity contribution in [3.05, 3.63) is 60.2 Å². The maximum absolute atomic E-state index is 13.4. The molecule has 2 aromatic carbocycles. The molecule has 2 aromatic rings. The topological polar surface area (TPSA) is 97.0 Å². The number of benzene rings is 2. The molecular formula is C31H41IN3O5S2-. The van der Waals surface area contributed by atoms with Crippen LogP contribution in [0.5, 0.6) is 11.5 Å². The molecule has 0 bridgehead atoms. The van der Waals surface area contributed by atoms with Crippen molar-refractivity contribution in [3.63, 3.8) is 0 Å². The van der Waals surface area contributed by atoms with E-state index in [-0.39, 0.29) is 11.8 Å². The Kier molecular flexibility index (Phi) is 12.6. The Morgan fingerprint density at radius 2 is 1.71 bits per heavy atom. The number of hydrogen-bond acceptors (Lipinski definition) is 7. The zero-order valence-electron chi connectivity index (χ0n) is 24.5. The standard InChI is InChI=1S/C31H41IN3O5S2/c1-31(2,3)40-30(38)35-27(21-42-32-35)29(37)34-26(20-41-19-23-10-6-4-7-11-23)28(36)33-18-22-14-16-25(17-15-22)39-24-12-8-5-9-13-24/h5,8-9,12-17,23,26-27H,4,6-7,10-11,18-21H2,1-3H3,(H,33,36)(H,34,37)/q-1/t26-,27-/m0/s1. The molecule has 42 heavy (non-hydrogen) atoms. The number of carbonyl (C=O) groups is 3. The van der Waals surface area contributed by atoms with Crippen molar-refractivity contribution < 1.29 is 44.0 Å². The Morgan fingerprint density at radius 1 is 1.02 bits per heavy atom. The molecule has 0 radical (unpaired) electrons. The van der Waals surface area contributed by atoms with E-state index in [1.807, 2.05) is 75.4 Å². The second-order valence-corrected chi connectivity index (χ2v) is 17.4. The van der Waals surface area contributed by atoms with Crippen molar-refractivity contribution in [1.29, 1.82) is 0 Å². The molecule has 2 fully saturated rings. The van der Waals surface area contributed by atoms with E-state index in [1.165, 1.54) is 32.1 Å². The van der Waals surface area contributed by atoms with Crippen molar-refractivity contribution in [2.75, 3.05) is 17.3 Å². The van der Waals surface area contributed by atoms with Crippen LogP contribution in [0.15, 0.2) is 54.6 Å². The van der Waals surface area contributed by atoms with Crippen LogP contribution in [0.1, 0.15) is 58.4 Å². The first-order chi connectivity index (χ1) is 20.2. The average Bonchev–Trinajstić information content (AvgIpc) is 3.47. The zero-order valence-corrected chi connectivity index (χ0v) is 28.3. The van der Waals surface area contributed by atoms with Crippen LogP contribution in [0.4, 0.5) is 4.79 Å². The fourth-order valence-electron chi connectivity index (χ4n) is 4.66. The predicted molar refractivity (Wildman–Crippen MR) is 165 cm³/mol. The van der Waals surface area contributed by atoms with E-state index in [0.29, 0.717) is 29.7 Å². The molecule has 2 aliphatic rings. The molecule has 2 N–H and O–H groups in total. The molecule has 0 unspecified atom stereocenters. The Bertz CT molecular complexity index is 1170. The van der Waals surface area contributed by atoms with Gasteiger partial charge in [0.2, 0.25) is 0 Å². The first kappa shape index (κ1) is 32.8. The number of carbonyl (C=O) groups excluding carboxylic acids is 3. The third-order valence-electron chi connectivity index (χ3n) is 6.85. The van der Waals surface area contributed by atoms with E-state index in [2.05, 4.69) is 10.6 Å². The molecule has 4 rings (SSSR count). The fourth-order valence-corrected chi connectivity index (χ4v) is 11.2. The van der Waals surface area contributed by atoms with Gasteiger partial charge in [-0.3, -0.25) is 0 Å². The number of nitrogens with one attached hydrogen (secondary N) is 2. The van der Waals surface area contributed by atoms with Gasteiger partial charge in [0.15, 0.2) is 0 Å². The SMILES string of the molecule is CC(C)(C)OC(=O)N1[I-]SC[C@H]1C(=O)N[C@@H](CSCC1CCCCC1)C(=O)NCc1ccc(Oc2ccccc2)cc1. The van der Waals surface area contributed by atoms with Crippen LogP contribution in [0.3, 0.4) is 0 Å². The molecule has 0 spiro atoms. The molecule has 2 atom stereocenters. The van der Waals surface area contributed by atoms with Crippen molar-refractivity contribution >= 4 is 38.6 Å². The quantitative estimate of drug-likeness (QED) is 0.272. The number of hydrogen-bond donors (Lipinski definition) is 2. The third-order valence-corrected chi connectivity index (χ3v) is 13.1. The first-order valence-corrected chi connectivity index (χ1v) is 20.1. The van der Waals surface area contributed by atoms with Gasteiger partial charge in [-0.05, 0) is 12.1 Å². The van der Waals surface area contributed by atoms with Gasteiger partial charge in [-0.15, -0.1) is 0 Å². The summed E-state index contributed by atoms with van der Waals surface area (Å²) < 4.78 is 13.0. The zero-order chi connectivity index (χ0) is 30.0. The van der Waals surface area contributed by atoms with Crippen LogP contribution < -0.4 is 35.5 Å². The molecule has 1 heterocycles. The van der Waals surface area contributed by atoms with Crippen LogP contribution in [-0.4, -0.2) is 56.0 Å². The molecule has 1 aliphatic heterocycles. The van der Waals surface area contributed by atoms with E-state index >= 15 is 0 Å². The van der Waals surface area contributed by atoms with E-state index in [0.717, 1.165) is 17.1 Å². The van der Waals surface area contributed by atoms with Gasteiger partial charge in [-0.2, -0.15) is 0 Å². The summed E-state index contributed by atoms with van der Waals surface area (Å²) in [6.07, 6.45) is 5.83. The van der Waals surface area contributed by atoms with Gasteiger partial charge in [0.05, 0.1) is 0 Å². The average molecular weight is 727 g/mol. The predicted octanol–water partition coefficient (Wildman–Crippen LogP) is 3.16. The Labute approximate surface area is 266 Å². The number of amides is 3. The number of para-hydroxylation sites is 1. The summed E-state index contributed by atoms with van der Waals surface area (Å²) in [7, 11) is 1.61. The van der Waals surface area contributed by atoms with E-state index in [4.69, 9.17) is 9.47 Å². The van der Waals surface area contributed by atoms with Gasteiger partial charge in [-0.25, -0.2) is 0 Å². The molecule has 3 amide bonds. The molecule has 8 nitrogen and oxygen atoms in total. The Hall–Kier alpha value is -2.12. The first-order valence-electron chi connectivity index (χ1n) is 14.4. The molecular weight excluding hydrogens is 685 g/mol. The summed E-state index contributed by atoms with van der Waals surface area (Å²) in [4.78, 5) is 39.6. The normalized spacial score (nSPS) is 18.5. The molecule has 11 heteroatoms. The number of ether oxygens (including phenoxy) is 2. The minimum atomic E-state index is -0.714. The summed E-state index contributed by atoms with van der Waals surface area (Å²) in [5, 5.41) is 5.99. The van der Waals surface area contributed by atoms with E-state index < -0.39 is 43.9 Å². The van der Waals surface area contributed by atoms with Crippen LogP contribution in [0.2, 0.25) is 0 Å². The van der Waals surface area contributed by atoms with Crippen molar-refractivity contribution in [1.82, 2.24) is 13.7 Å². The second kappa shape index (κ2) is 16.1. The molecule has 230 valence electrons. The summed E-state index contributed by atoms with van der Waals surface area (Å²) >= 11 is 1.01. The number of rotatable bonds is 11. The van der Waals surface area contributed by atoms with Gasteiger partial charge in [0.25, 0.3) is 0 Å². The van der Waals surface area contributed by atoms with Gasteiger partial charge >= 0.3 is 227 Å². The van der Waals surface area contributed by atoms with E-state index in [1.54, 1.807) is 23.8 Å². The summed E-state index contributed by atoms with van der Waals surface area (Å²) in [6, 6.07) is 15.8. The minimum absolute atomic E-state index is 0.228. The number of halogens is 1. The molecule has 1 aliphatic carbocycles. The number of thioether (sulfide) groups is 1. The summed E-state index contributed by atoms with van der Waals surface area (Å²) in [5.74, 6) is 3.59. The summed E-state index contributed by atoms with van der Waals surface area (Å²) in [5.41, 5.74) is 0.288. The Balaban J connectivity index is 1.35. The fraction of sp³-hybridized carbons (Fsp3) is 0.516.